The lowest BCUT2D eigenvalue weighted by atomic mass is 10.1. The second kappa shape index (κ2) is 8.36. The van der Waals surface area contributed by atoms with Crippen LogP contribution in [-0.4, -0.2) is 38.1 Å². The van der Waals surface area contributed by atoms with Crippen LogP contribution in [0.15, 0.2) is 18.2 Å². The molecule has 0 aliphatic carbocycles. The lowest BCUT2D eigenvalue weighted by Gasteiger charge is -2.16. The summed E-state index contributed by atoms with van der Waals surface area (Å²) in [7, 11) is 1.58. The molecule has 0 aromatic heterocycles. The molecule has 5 nitrogen and oxygen atoms in total. The Kier molecular flexibility index (Phi) is 6.81. The first kappa shape index (κ1) is 17.1. The molecule has 1 rings (SSSR count). The fourth-order valence-electron chi connectivity index (χ4n) is 1.70. The number of rotatable bonds is 8. The van der Waals surface area contributed by atoms with Crippen molar-refractivity contribution in [3.05, 3.63) is 29.6 Å². The molecule has 0 fully saturated rings. The van der Waals surface area contributed by atoms with E-state index in [1.807, 2.05) is 0 Å². The minimum atomic E-state index is -0.826. The van der Waals surface area contributed by atoms with Gasteiger partial charge in [0.05, 0.1) is 5.56 Å². The van der Waals surface area contributed by atoms with Crippen molar-refractivity contribution in [1.82, 2.24) is 5.32 Å². The number of amides is 1. The summed E-state index contributed by atoms with van der Waals surface area (Å²) >= 11 is 0. The lowest BCUT2D eigenvalue weighted by Crippen LogP contribution is -2.37. The Morgan fingerprint density at radius 2 is 2.10 bits per heavy atom. The molecule has 1 unspecified atom stereocenters. The van der Waals surface area contributed by atoms with Gasteiger partial charge in [0.1, 0.15) is 11.6 Å². The Hall–Kier alpha value is -1.95. The highest BCUT2D eigenvalue weighted by Crippen LogP contribution is 2.21. The number of ketones is 1. The van der Waals surface area contributed by atoms with Crippen molar-refractivity contribution in [2.45, 2.75) is 26.4 Å². The molecule has 0 spiro atoms. The van der Waals surface area contributed by atoms with Gasteiger partial charge >= 0.3 is 0 Å². The van der Waals surface area contributed by atoms with Gasteiger partial charge in [-0.25, -0.2) is 4.39 Å². The van der Waals surface area contributed by atoms with Crippen molar-refractivity contribution in [2.75, 3.05) is 20.3 Å². The number of benzene rings is 1. The predicted molar refractivity (Wildman–Crippen MR) is 76.0 cm³/mol. The third kappa shape index (κ3) is 5.51. The lowest BCUT2D eigenvalue weighted by molar-refractivity contribution is -0.127. The summed E-state index contributed by atoms with van der Waals surface area (Å²) in [6.45, 7) is 3.91. The van der Waals surface area contributed by atoms with E-state index in [0.29, 0.717) is 19.6 Å². The van der Waals surface area contributed by atoms with Gasteiger partial charge in [-0.2, -0.15) is 0 Å². The average molecular weight is 297 g/mol. The molecule has 0 aliphatic rings. The summed E-state index contributed by atoms with van der Waals surface area (Å²) < 4.78 is 23.5. The SMILES string of the molecule is COCCCNC(=O)C(C)Oc1cc(F)ccc1C(C)=O. The molecule has 116 valence electrons. The van der Waals surface area contributed by atoms with Gasteiger partial charge < -0.3 is 14.8 Å². The van der Waals surface area contributed by atoms with E-state index >= 15 is 0 Å². The molecule has 6 heteroatoms. The number of ether oxygens (including phenoxy) is 2. The van der Waals surface area contributed by atoms with E-state index in [0.717, 1.165) is 6.07 Å². The van der Waals surface area contributed by atoms with E-state index in [4.69, 9.17) is 9.47 Å². The van der Waals surface area contributed by atoms with E-state index in [2.05, 4.69) is 5.32 Å². The fraction of sp³-hybridized carbons (Fsp3) is 0.467. The minimum absolute atomic E-state index is 0.0713. The highest BCUT2D eigenvalue weighted by Gasteiger charge is 2.18. The maximum Gasteiger partial charge on any atom is 0.260 e. The van der Waals surface area contributed by atoms with Gasteiger partial charge in [0.25, 0.3) is 5.91 Å². The number of hydrogen-bond donors (Lipinski definition) is 1. The quantitative estimate of drug-likeness (QED) is 0.588. The van der Waals surface area contributed by atoms with E-state index in [1.54, 1.807) is 14.0 Å². The number of carbonyl (C=O) groups is 2. The van der Waals surface area contributed by atoms with Crippen LogP contribution in [0, 0.1) is 5.82 Å². The highest BCUT2D eigenvalue weighted by atomic mass is 19.1. The molecule has 0 saturated heterocycles. The third-order valence-electron chi connectivity index (χ3n) is 2.82. The maximum absolute atomic E-state index is 13.2. The monoisotopic (exact) mass is 297 g/mol. The summed E-state index contributed by atoms with van der Waals surface area (Å²) in [5, 5.41) is 2.68. The van der Waals surface area contributed by atoms with Crippen LogP contribution in [0.5, 0.6) is 5.75 Å². The normalized spacial score (nSPS) is 11.8. The zero-order valence-corrected chi connectivity index (χ0v) is 12.4. The third-order valence-corrected chi connectivity index (χ3v) is 2.82. The van der Waals surface area contributed by atoms with Gasteiger partial charge in [0, 0.05) is 26.3 Å². The Bertz CT molecular complexity index is 504. The summed E-state index contributed by atoms with van der Waals surface area (Å²) in [4.78, 5) is 23.3. The summed E-state index contributed by atoms with van der Waals surface area (Å²) in [5.74, 6) is -1.03. The number of halogens is 1. The van der Waals surface area contributed by atoms with Gasteiger partial charge in [-0.3, -0.25) is 9.59 Å². The van der Waals surface area contributed by atoms with Gasteiger partial charge in [0.2, 0.25) is 0 Å². The Labute approximate surface area is 123 Å². The van der Waals surface area contributed by atoms with Crippen molar-refractivity contribution in [3.63, 3.8) is 0 Å². The largest absolute Gasteiger partial charge is 0.480 e. The molecule has 1 aromatic rings. The summed E-state index contributed by atoms with van der Waals surface area (Å²) in [6, 6.07) is 3.63. The highest BCUT2D eigenvalue weighted by molar-refractivity contribution is 5.97. The fourth-order valence-corrected chi connectivity index (χ4v) is 1.70. The van der Waals surface area contributed by atoms with Gasteiger partial charge in [-0.15, -0.1) is 0 Å². The van der Waals surface area contributed by atoms with Crippen LogP contribution < -0.4 is 10.1 Å². The molecule has 21 heavy (non-hydrogen) atoms. The topological polar surface area (TPSA) is 64.6 Å². The molecule has 1 aromatic carbocycles. The minimum Gasteiger partial charge on any atom is -0.480 e. The van der Waals surface area contributed by atoms with Crippen molar-refractivity contribution < 1.29 is 23.5 Å². The van der Waals surface area contributed by atoms with Gasteiger partial charge in [-0.05, 0) is 32.4 Å². The molecule has 0 aliphatic heterocycles. The van der Waals surface area contributed by atoms with E-state index in [9.17, 15) is 14.0 Å². The Morgan fingerprint density at radius 3 is 2.71 bits per heavy atom. The molecule has 0 saturated carbocycles. The zero-order valence-electron chi connectivity index (χ0n) is 12.4. The molecular weight excluding hydrogens is 277 g/mol. The molecular formula is C15H20FNO4. The first-order valence-corrected chi connectivity index (χ1v) is 6.69. The van der Waals surface area contributed by atoms with Crippen LogP contribution in [0.4, 0.5) is 4.39 Å². The smallest absolute Gasteiger partial charge is 0.260 e. The van der Waals surface area contributed by atoms with Crippen molar-refractivity contribution in [3.8, 4) is 5.75 Å². The number of nitrogens with one attached hydrogen (secondary N) is 1. The van der Waals surface area contributed by atoms with E-state index in [-0.39, 0.29) is 23.0 Å². The van der Waals surface area contributed by atoms with Crippen LogP contribution >= 0.6 is 0 Å². The number of methoxy groups -OCH3 is 1. The van der Waals surface area contributed by atoms with Crippen LogP contribution in [0.2, 0.25) is 0 Å². The summed E-state index contributed by atoms with van der Waals surface area (Å²) in [6.07, 6.45) is -0.138. The van der Waals surface area contributed by atoms with Crippen LogP contribution in [-0.2, 0) is 9.53 Å². The van der Waals surface area contributed by atoms with Gasteiger partial charge in [0.15, 0.2) is 11.9 Å². The van der Waals surface area contributed by atoms with E-state index < -0.39 is 11.9 Å². The molecule has 0 bridgehead atoms. The first-order chi connectivity index (χ1) is 9.95. The van der Waals surface area contributed by atoms with Crippen LogP contribution in [0.25, 0.3) is 0 Å². The van der Waals surface area contributed by atoms with Gasteiger partial charge in [-0.1, -0.05) is 0 Å². The average Bonchev–Trinajstić information content (AvgIpc) is 2.43. The van der Waals surface area contributed by atoms with Crippen molar-refractivity contribution >= 4 is 11.7 Å². The summed E-state index contributed by atoms with van der Waals surface area (Å²) in [5.41, 5.74) is 0.246. The Balaban J connectivity index is 2.65. The van der Waals surface area contributed by atoms with Crippen molar-refractivity contribution in [1.29, 1.82) is 0 Å². The predicted octanol–water partition coefficient (Wildman–Crippen LogP) is 1.95. The maximum atomic E-state index is 13.2. The standard InChI is InChI=1S/C15H20FNO4/c1-10(18)13-6-5-12(16)9-14(13)21-11(2)15(19)17-7-4-8-20-3/h5-6,9,11H,4,7-8H2,1-3H3,(H,17,19). The number of Topliss-reactive ketones (excluding diaryl/α,β-unsaturated/α-hetero) is 1. The first-order valence-electron chi connectivity index (χ1n) is 6.69. The molecule has 1 atom stereocenters. The van der Waals surface area contributed by atoms with Crippen LogP contribution in [0.3, 0.4) is 0 Å². The second-order valence-electron chi connectivity index (χ2n) is 4.59. The van der Waals surface area contributed by atoms with Crippen molar-refractivity contribution in [2.24, 2.45) is 0 Å². The van der Waals surface area contributed by atoms with E-state index in [1.165, 1.54) is 19.1 Å². The Morgan fingerprint density at radius 1 is 1.38 bits per heavy atom. The second-order valence-corrected chi connectivity index (χ2v) is 4.59. The molecule has 0 heterocycles. The zero-order chi connectivity index (χ0) is 15.8. The molecule has 0 radical (unpaired) electrons. The number of hydrogen-bond acceptors (Lipinski definition) is 4. The molecule has 1 amide bonds. The molecule has 1 N–H and O–H groups in total. The number of carbonyl (C=O) groups excluding carboxylic acids is 2. The van der Waals surface area contributed by atoms with Crippen LogP contribution in [0.1, 0.15) is 30.6 Å².